The molecule has 2 unspecified atom stereocenters. The van der Waals surface area contributed by atoms with E-state index in [0.717, 1.165) is 12.8 Å². The van der Waals surface area contributed by atoms with E-state index in [-0.39, 0.29) is 11.9 Å². The van der Waals surface area contributed by atoms with E-state index in [0.29, 0.717) is 18.6 Å². The maximum absolute atomic E-state index is 11.9. The highest BCUT2D eigenvalue weighted by atomic mass is 16.4. The lowest BCUT2D eigenvalue weighted by Gasteiger charge is -2.16. The molecule has 0 spiro atoms. The van der Waals surface area contributed by atoms with Crippen molar-refractivity contribution in [2.24, 2.45) is 0 Å². The fourth-order valence-electron chi connectivity index (χ4n) is 2.55. The summed E-state index contributed by atoms with van der Waals surface area (Å²) < 4.78 is 5.16. The molecule has 2 atom stereocenters. The van der Waals surface area contributed by atoms with E-state index in [1.165, 1.54) is 17.4 Å². The monoisotopic (exact) mass is 315 g/mol. The van der Waals surface area contributed by atoms with Gasteiger partial charge in [0.1, 0.15) is 11.9 Å². The summed E-state index contributed by atoms with van der Waals surface area (Å²) in [5.41, 5.74) is 2.50. The number of aliphatic hydroxyl groups is 1. The van der Waals surface area contributed by atoms with Gasteiger partial charge in [-0.15, -0.1) is 0 Å². The van der Waals surface area contributed by atoms with Crippen LogP contribution >= 0.6 is 0 Å². The van der Waals surface area contributed by atoms with Gasteiger partial charge in [-0.25, -0.2) is 0 Å². The SMILES string of the molecule is Cc1ccc(CCCC(=O)NC(C)CC(O)c2ccco2)cc1. The third-order valence-corrected chi connectivity index (χ3v) is 3.85. The van der Waals surface area contributed by atoms with Crippen LogP contribution in [-0.4, -0.2) is 17.1 Å². The molecule has 1 amide bonds. The van der Waals surface area contributed by atoms with Gasteiger partial charge < -0.3 is 14.8 Å². The van der Waals surface area contributed by atoms with Crippen LogP contribution < -0.4 is 5.32 Å². The van der Waals surface area contributed by atoms with Crippen molar-refractivity contribution in [1.29, 1.82) is 0 Å². The van der Waals surface area contributed by atoms with Gasteiger partial charge in [0.2, 0.25) is 5.91 Å². The average Bonchev–Trinajstić information content (AvgIpc) is 3.03. The lowest BCUT2D eigenvalue weighted by molar-refractivity contribution is -0.121. The molecule has 0 aliphatic heterocycles. The summed E-state index contributed by atoms with van der Waals surface area (Å²) in [6.07, 6.45) is 3.51. The Morgan fingerprint density at radius 3 is 2.65 bits per heavy atom. The minimum absolute atomic E-state index is 0.0243. The zero-order valence-electron chi connectivity index (χ0n) is 13.8. The number of hydrogen-bond acceptors (Lipinski definition) is 3. The van der Waals surface area contributed by atoms with E-state index >= 15 is 0 Å². The number of carbonyl (C=O) groups is 1. The van der Waals surface area contributed by atoms with Crippen LogP contribution in [0.1, 0.15) is 49.2 Å². The minimum Gasteiger partial charge on any atom is -0.467 e. The highest BCUT2D eigenvalue weighted by molar-refractivity contribution is 5.76. The molecule has 1 aromatic heterocycles. The van der Waals surface area contributed by atoms with E-state index in [1.807, 2.05) is 6.92 Å². The molecule has 0 aliphatic carbocycles. The maximum atomic E-state index is 11.9. The predicted molar refractivity (Wildman–Crippen MR) is 90.0 cm³/mol. The van der Waals surface area contributed by atoms with E-state index in [1.54, 1.807) is 12.1 Å². The molecule has 1 aromatic carbocycles. The molecule has 4 heteroatoms. The number of rotatable bonds is 8. The normalized spacial score (nSPS) is 13.5. The van der Waals surface area contributed by atoms with Crippen molar-refractivity contribution < 1.29 is 14.3 Å². The van der Waals surface area contributed by atoms with Crippen molar-refractivity contribution >= 4 is 5.91 Å². The van der Waals surface area contributed by atoms with Crippen LogP contribution in [0.4, 0.5) is 0 Å². The van der Waals surface area contributed by atoms with Crippen LogP contribution in [0.25, 0.3) is 0 Å². The molecule has 0 fully saturated rings. The Kier molecular flexibility index (Phi) is 6.41. The molecule has 2 N–H and O–H groups in total. The predicted octanol–water partition coefficient (Wildman–Crippen LogP) is 3.54. The number of aryl methyl sites for hydroxylation is 2. The molecule has 124 valence electrons. The number of amides is 1. The summed E-state index contributed by atoms with van der Waals surface area (Å²) >= 11 is 0. The quantitative estimate of drug-likeness (QED) is 0.783. The Labute approximate surface area is 137 Å². The Balaban J connectivity index is 1.66. The van der Waals surface area contributed by atoms with Crippen LogP contribution in [0.3, 0.4) is 0 Å². The number of furan rings is 1. The molecular weight excluding hydrogens is 290 g/mol. The summed E-state index contributed by atoms with van der Waals surface area (Å²) in [5.74, 6) is 0.557. The largest absolute Gasteiger partial charge is 0.467 e. The molecular formula is C19H25NO3. The first-order valence-electron chi connectivity index (χ1n) is 8.11. The molecule has 1 heterocycles. The van der Waals surface area contributed by atoms with Gasteiger partial charge in [0.25, 0.3) is 0 Å². The van der Waals surface area contributed by atoms with Crippen molar-refractivity contribution in [2.75, 3.05) is 0 Å². The standard InChI is InChI=1S/C19H25NO3/c1-14-8-10-16(11-9-14)5-3-7-19(22)20-15(2)13-17(21)18-6-4-12-23-18/h4,6,8-12,15,17,21H,3,5,7,13H2,1-2H3,(H,20,22). The third kappa shape index (κ3) is 5.91. The van der Waals surface area contributed by atoms with Crippen molar-refractivity contribution in [3.8, 4) is 0 Å². The van der Waals surface area contributed by atoms with Gasteiger partial charge in [0, 0.05) is 18.9 Å². The summed E-state index contributed by atoms with van der Waals surface area (Å²) in [6.45, 7) is 3.96. The molecule has 4 nitrogen and oxygen atoms in total. The maximum Gasteiger partial charge on any atom is 0.220 e. The molecule has 0 radical (unpaired) electrons. The number of aliphatic hydroxyl groups excluding tert-OH is 1. The smallest absolute Gasteiger partial charge is 0.220 e. The zero-order valence-corrected chi connectivity index (χ0v) is 13.8. The fraction of sp³-hybridized carbons (Fsp3) is 0.421. The molecule has 0 saturated heterocycles. The van der Waals surface area contributed by atoms with E-state index in [2.05, 4.69) is 36.5 Å². The van der Waals surface area contributed by atoms with E-state index < -0.39 is 6.10 Å². The third-order valence-electron chi connectivity index (χ3n) is 3.85. The molecule has 0 aliphatic rings. The van der Waals surface area contributed by atoms with Gasteiger partial charge in [-0.3, -0.25) is 4.79 Å². The van der Waals surface area contributed by atoms with E-state index in [4.69, 9.17) is 4.42 Å². The van der Waals surface area contributed by atoms with Crippen molar-refractivity contribution in [2.45, 2.75) is 51.7 Å². The Bertz CT molecular complexity index is 590. The van der Waals surface area contributed by atoms with Gasteiger partial charge in [-0.1, -0.05) is 29.8 Å². The Hall–Kier alpha value is -2.07. The molecule has 0 saturated carbocycles. The van der Waals surface area contributed by atoms with Crippen LogP contribution in [-0.2, 0) is 11.2 Å². The highest BCUT2D eigenvalue weighted by Gasteiger charge is 2.16. The van der Waals surface area contributed by atoms with Crippen molar-refractivity contribution in [1.82, 2.24) is 5.32 Å². The molecule has 2 rings (SSSR count). The van der Waals surface area contributed by atoms with Crippen molar-refractivity contribution in [3.05, 3.63) is 59.5 Å². The van der Waals surface area contributed by atoms with Gasteiger partial charge in [0.15, 0.2) is 0 Å². The second-order valence-corrected chi connectivity index (χ2v) is 6.07. The molecule has 2 aromatic rings. The van der Waals surface area contributed by atoms with Crippen LogP contribution in [0, 0.1) is 6.92 Å². The number of hydrogen-bond donors (Lipinski definition) is 2. The Morgan fingerprint density at radius 2 is 2.00 bits per heavy atom. The topological polar surface area (TPSA) is 62.5 Å². The van der Waals surface area contributed by atoms with Gasteiger partial charge >= 0.3 is 0 Å². The Morgan fingerprint density at radius 1 is 1.26 bits per heavy atom. The first-order chi connectivity index (χ1) is 11.0. The molecule has 23 heavy (non-hydrogen) atoms. The van der Waals surface area contributed by atoms with Gasteiger partial charge in [-0.05, 0) is 44.4 Å². The van der Waals surface area contributed by atoms with Gasteiger partial charge in [-0.2, -0.15) is 0 Å². The lowest BCUT2D eigenvalue weighted by atomic mass is 10.1. The van der Waals surface area contributed by atoms with Crippen LogP contribution in [0.15, 0.2) is 47.1 Å². The van der Waals surface area contributed by atoms with Crippen LogP contribution in [0.5, 0.6) is 0 Å². The van der Waals surface area contributed by atoms with Crippen LogP contribution in [0.2, 0.25) is 0 Å². The number of carbonyl (C=O) groups excluding carboxylic acids is 1. The first-order valence-corrected chi connectivity index (χ1v) is 8.11. The summed E-state index contributed by atoms with van der Waals surface area (Å²) in [7, 11) is 0. The number of nitrogens with one attached hydrogen (secondary N) is 1. The fourth-order valence-corrected chi connectivity index (χ4v) is 2.55. The summed E-state index contributed by atoms with van der Waals surface area (Å²) in [5, 5.41) is 12.9. The second kappa shape index (κ2) is 8.53. The second-order valence-electron chi connectivity index (χ2n) is 6.07. The summed E-state index contributed by atoms with van der Waals surface area (Å²) in [6, 6.07) is 11.8. The zero-order chi connectivity index (χ0) is 16.7. The number of benzene rings is 1. The minimum atomic E-state index is -0.687. The lowest BCUT2D eigenvalue weighted by Crippen LogP contribution is -2.33. The van der Waals surface area contributed by atoms with E-state index in [9.17, 15) is 9.90 Å². The van der Waals surface area contributed by atoms with Crippen molar-refractivity contribution in [3.63, 3.8) is 0 Å². The first kappa shape index (κ1) is 17.3. The van der Waals surface area contributed by atoms with Gasteiger partial charge in [0.05, 0.1) is 6.26 Å². The molecule has 0 bridgehead atoms. The summed E-state index contributed by atoms with van der Waals surface area (Å²) in [4.78, 5) is 11.9. The average molecular weight is 315 g/mol. The highest BCUT2D eigenvalue weighted by Crippen LogP contribution is 2.18.